The maximum absolute atomic E-state index is 13.7. The van der Waals surface area contributed by atoms with Crippen LogP contribution in [0.2, 0.25) is 0 Å². The molecule has 0 saturated carbocycles. The highest BCUT2D eigenvalue weighted by atomic mass is 19.4. The summed E-state index contributed by atoms with van der Waals surface area (Å²) in [5, 5.41) is 9.73. The van der Waals surface area contributed by atoms with Gasteiger partial charge in [0, 0.05) is 20.3 Å². The maximum Gasteiger partial charge on any atom is 0.416 e. The predicted molar refractivity (Wildman–Crippen MR) is 127 cm³/mol. The number of carboxylic acid groups (broad SMARTS) is 1. The van der Waals surface area contributed by atoms with Crippen molar-refractivity contribution in [1.29, 1.82) is 0 Å². The molecule has 1 atom stereocenters. The number of hydrogen-bond acceptors (Lipinski definition) is 4. The van der Waals surface area contributed by atoms with Crippen molar-refractivity contribution < 1.29 is 23.1 Å². The largest absolute Gasteiger partial charge is 0.477 e. The fourth-order valence-corrected chi connectivity index (χ4v) is 5.18. The van der Waals surface area contributed by atoms with Crippen molar-refractivity contribution in [2.45, 2.75) is 31.5 Å². The number of rotatable bonds is 3. The molecule has 2 aromatic heterocycles. The Morgan fingerprint density at radius 2 is 1.70 bits per heavy atom. The number of halogens is 3. The number of aryl methyl sites for hydroxylation is 2. The van der Waals surface area contributed by atoms with Crippen molar-refractivity contribution in [3.8, 4) is 5.69 Å². The van der Waals surface area contributed by atoms with Crippen LogP contribution < -0.4 is 16.9 Å². The fraction of sp³-hybridized carbons (Fsp3) is 0.280. The molecule has 2 aromatic carbocycles. The van der Waals surface area contributed by atoms with Crippen LogP contribution in [-0.4, -0.2) is 29.3 Å². The van der Waals surface area contributed by atoms with Crippen LogP contribution in [0.4, 0.5) is 13.2 Å². The van der Waals surface area contributed by atoms with E-state index in [1.807, 2.05) is 0 Å². The summed E-state index contributed by atoms with van der Waals surface area (Å²) in [6.07, 6.45) is -3.16. The number of fused-ring (bicyclic) bond motifs is 2. The minimum Gasteiger partial charge on any atom is -0.477 e. The van der Waals surface area contributed by atoms with Gasteiger partial charge in [0.15, 0.2) is 0 Å². The molecule has 0 spiro atoms. The maximum atomic E-state index is 13.7. The van der Waals surface area contributed by atoms with Gasteiger partial charge >= 0.3 is 23.5 Å². The van der Waals surface area contributed by atoms with Crippen LogP contribution in [0.3, 0.4) is 0 Å². The second-order valence-corrected chi connectivity index (χ2v) is 9.03. The topological polar surface area (TPSA) is 108 Å². The Morgan fingerprint density at radius 1 is 1.00 bits per heavy atom. The highest BCUT2D eigenvalue weighted by Crippen LogP contribution is 2.40. The van der Waals surface area contributed by atoms with Gasteiger partial charge in [-0.05, 0) is 54.7 Å². The first-order chi connectivity index (χ1) is 17.4. The summed E-state index contributed by atoms with van der Waals surface area (Å²) in [6, 6.07) is 7.12. The van der Waals surface area contributed by atoms with Gasteiger partial charge in [0.25, 0.3) is 5.56 Å². The lowest BCUT2D eigenvalue weighted by Gasteiger charge is -2.29. The first-order valence-corrected chi connectivity index (χ1v) is 11.4. The molecule has 0 fully saturated rings. The van der Waals surface area contributed by atoms with Crippen LogP contribution in [-0.2, 0) is 26.7 Å². The van der Waals surface area contributed by atoms with E-state index in [0.717, 1.165) is 21.4 Å². The molecule has 1 N–H and O–H groups in total. The lowest BCUT2D eigenvalue weighted by Crippen LogP contribution is -2.45. The number of imidazole rings is 1. The molecule has 0 bridgehead atoms. The lowest BCUT2D eigenvalue weighted by atomic mass is 9.84. The third-order valence-electron chi connectivity index (χ3n) is 6.98. The van der Waals surface area contributed by atoms with Gasteiger partial charge in [0.2, 0.25) is 0 Å². The average molecular weight is 514 g/mol. The summed E-state index contributed by atoms with van der Waals surface area (Å²) in [7, 11) is 3.12. The smallest absolute Gasteiger partial charge is 0.416 e. The Balaban J connectivity index is 1.79. The van der Waals surface area contributed by atoms with E-state index in [2.05, 4.69) is 0 Å². The van der Waals surface area contributed by atoms with E-state index in [-0.39, 0.29) is 41.8 Å². The van der Waals surface area contributed by atoms with E-state index in [4.69, 9.17) is 0 Å². The number of hydrogen-bond donors (Lipinski definition) is 1. The zero-order valence-corrected chi connectivity index (χ0v) is 19.7. The molecule has 2 heterocycles. The molecular weight excluding hydrogens is 493 g/mol. The van der Waals surface area contributed by atoms with E-state index in [0.29, 0.717) is 11.0 Å². The van der Waals surface area contributed by atoms with Gasteiger partial charge in [-0.3, -0.25) is 23.1 Å². The Kier molecular flexibility index (Phi) is 5.50. The summed E-state index contributed by atoms with van der Waals surface area (Å²) in [4.78, 5) is 51.2. The molecule has 4 aromatic rings. The van der Waals surface area contributed by atoms with Gasteiger partial charge in [0.05, 0.1) is 28.3 Å². The second-order valence-electron chi connectivity index (χ2n) is 9.03. The molecule has 5 rings (SSSR count). The van der Waals surface area contributed by atoms with E-state index >= 15 is 0 Å². The van der Waals surface area contributed by atoms with Crippen LogP contribution in [0.25, 0.3) is 16.7 Å². The first-order valence-electron chi connectivity index (χ1n) is 11.4. The van der Waals surface area contributed by atoms with Gasteiger partial charge < -0.3 is 5.11 Å². The summed E-state index contributed by atoms with van der Waals surface area (Å²) in [5.74, 6) is -1.58. The van der Waals surface area contributed by atoms with Gasteiger partial charge in [0.1, 0.15) is 5.56 Å². The summed E-state index contributed by atoms with van der Waals surface area (Å²) >= 11 is 0. The fourth-order valence-electron chi connectivity index (χ4n) is 5.18. The molecule has 1 aliphatic rings. The number of nitrogens with zero attached hydrogens (tertiary/aromatic N) is 4. The average Bonchev–Trinajstić information content (AvgIpc) is 3.06. The number of carboxylic acids is 1. The zero-order chi connectivity index (χ0) is 26.8. The van der Waals surface area contributed by atoms with Crippen LogP contribution >= 0.6 is 0 Å². The molecule has 0 radical (unpaired) electrons. The van der Waals surface area contributed by atoms with Gasteiger partial charge in [-0.25, -0.2) is 14.4 Å². The number of aromatic carboxylic acids is 1. The van der Waals surface area contributed by atoms with Crippen molar-refractivity contribution >= 4 is 17.0 Å². The third-order valence-corrected chi connectivity index (χ3v) is 6.98. The Hall–Kier alpha value is -4.35. The predicted octanol–water partition coefficient (Wildman–Crippen LogP) is 2.83. The second kappa shape index (κ2) is 8.36. The number of alkyl halides is 3. The van der Waals surface area contributed by atoms with Crippen LogP contribution in [0.5, 0.6) is 0 Å². The van der Waals surface area contributed by atoms with Gasteiger partial charge in [-0.1, -0.05) is 12.1 Å². The van der Waals surface area contributed by atoms with Crippen molar-refractivity contribution in [2.75, 3.05) is 0 Å². The monoisotopic (exact) mass is 514 g/mol. The van der Waals surface area contributed by atoms with E-state index in [9.17, 15) is 37.5 Å². The normalized spacial score (nSPS) is 15.6. The van der Waals surface area contributed by atoms with Crippen molar-refractivity contribution in [3.63, 3.8) is 0 Å². The molecule has 0 aliphatic heterocycles. The Morgan fingerprint density at radius 3 is 2.38 bits per heavy atom. The van der Waals surface area contributed by atoms with Crippen molar-refractivity contribution in [2.24, 2.45) is 14.1 Å². The molecule has 37 heavy (non-hydrogen) atoms. The zero-order valence-electron chi connectivity index (χ0n) is 19.7. The van der Waals surface area contributed by atoms with Crippen LogP contribution in [0, 0.1) is 0 Å². The SMILES string of the molecule is Cn1c(=O)n(C)c2cc(-n3cc(C(=O)O)c(=O)n(C4CCCc5c4cccc5C(F)(F)F)c3=O)ccc21. The van der Waals surface area contributed by atoms with Crippen LogP contribution in [0.1, 0.15) is 45.9 Å². The van der Waals surface area contributed by atoms with Gasteiger partial charge in [-0.15, -0.1) is 0 Å². The quantitative estimate of drug-likeness (QED) is 0.453. The molecule has 1 aliphatic carbocycles. The van der Waals surface area contributed by atoms with Crippen LogP contribution in [0.15, 0.2) is 57.0 Å². The van der Waals surface area contributed by atoms with Gasteiger partial charge in [-0.2, -0.15) is 13.2 Å². The molecule has 192 valence electrons. The molecular formula is C25H21F3N4O5. The Bertz CT molecular complexity index is 1770. The molecule has 0 saturated heterocycles. The Labute approximate surface area is 206 Å². The van der Waals surface area contributed by atoms with E-state index < -0.39 is 40.6 Å². The highest BCUT2D eigenvalue weighted by Gasteiger charge is 2.37. The first kappa shape index (κ1) is 24.3. The highest BCUT2D eigenvalue weighted by molar-refractivity contribution is 5.87. The van der Waals surface area contributed by atoms with Crippen molar-refractivity contribution in [3.05, 3.63) is 96.2 Å². The molecule has 1 unspecified atom stereocenters. The molecule has 12 heteroatoms. The molecule has 0 amide bonds. The standard InChI is InChI=1S/C25H21F3N4O5/c1-29-19-10-9-13(11-20(19)30(2)23(29)36)31-12-16(22(34)35)21(33)32(24(31)37)18-8-4-5-14-15(18)6-3-7-17(14)25(26,27)28/h3,6-7,9-12,18H,4-5,8H2,1-2H3,(H,34,35). The number of carbonyl (C=O) groups is 1. The summed E-state index contributed by atoms with van der Waals surface area (Å²) in [5.41, 5.74) is -2.48. The van der Waals surface area contributed by atoms with E-state index in [1.165, 1.54) is 40.4 Å². The number of aromatic nitrogens is 4. The van der Waals surface area contributed by atoms with Crippen molar-refractivity contribution in [1.82, 2.24) is 18.3 Å². The minimum absolute atomic E-state index is 0.00877. The third kappa shape index (κ3) is 3.71. The summed E-state index contributed by atoms with van der Waals surface area (Å²) in [6.45, 7) is 0. The van der Waals surface area contributed by atoms with E-state index in [1.54, 1.807) is 13.1 Å². The summed E-state index contributed by atoms with van der Waals surface area (Å²) < 4.78 is 45.5. The minimum atomic E-state index is -4.62. The number of benzene rings is 2. The lowest BCUT2D eigenvalue weighted by molar-refractivity contribution is -0.138. The molecule has 9 nitrogen and oxygen atoms in total.